The van der Waals surface area contributed by atoms with Gasteiger partial charge in [0.2, 0.25) is 11.9 Å². The number of carbonyl (C=O) groups excluding carboxylic acids is 1. The molecule has 108 valence electrons. The molecule has 0 spiro atoms. The van der Waals surface area contributed by atoms with Gasteiger partial charge < -0.3 is 14.9 Å². The largest absolute Gasteiger partial charge is 0.388 e. The van der Waals surface area contributed by atoms with Crippen LogP contribution < -0.4 is 4.90 Å². The highest BCUT2D eigenvalue weighted by Crippen LogP contribution is 2.27. The number of aliphatic hydroxyl groups is 1. The van der Waals surface area contributed by atoms with Crippen LogP contribution in [0.25, 0.3) is 0 Å². The Balaban J connectivity index is 1.74. The Morgan fingerprint density at radius 3 is 2.80 bits per heavy atom. The van der Waals surface area contributed by atoms with Crippen molar-refractivity contribution in [2.24, 2.45) is 0 Å². The molecule has 2 saturated heterocycles. The van der Waals surface area contributed by atoms with Gasteiger partial charge in [-0.3, -0.25) is 4.79 Å². The first-order valence-electron chi connectivity index (χ1n) is 7.12. The summed E-state index contributed by atoms with van der Waals surface area (Å²) in [5.74, 6) is 0.710. The fourth-order valence-electron chi connectivity index (χ4n) is 3.05. The zero-order chi connectivity index (χ0) is 14.2. The van der Waals surface area contributed by atoms with Crippen molar-refractivity contribution in [1.29, 1.82) is 0 Å². The molecule has 1 amide bonds. The number of anilines is 1. The molecule has 2 aliphatic rings. The normalized spacial score (nSPS) is 30.0. The van der Waals surface area contributed by atoms with Crippen LogP contribution in [0.5, 0.6) is 0 Å². The summed E-state index contributed by atoms with van der Waals surface area (Å²) in [6, 6.07) is 1.58. The standard InChI is InChI=1S/C14H20N4O2/c1-14(20)5-9-17(10-14)12(19)11-4-2-8-18(11)13-15-6-3-7-16-13/h3,6-7,11,20H,2,4-5,8-10H2,1H3. The van der Waals surface area contributed by atoms with E-state index in [1.54, 1.807) is 30.3 Å². The van der Waals surface area contributed by atoms with Crippen LogP contribution in [0.2, 0.25) is 0 Å². The molecule has 0 radical (unpaired) electrons. The molecule has 2 aliphatic heterocycles. The molecule has 1 aromatic rings. The monoisotopic (exact) mass is 276 g/mol. The van der Waals surface area contributed by atoms with Gasteiger partial charge in [-0.15, -0.1) is 0 Å². The van der Waals surface area contributed by atoms with Crippen molar-refractivity contribution in [3.8, 4) is 0 Å². The van der Waals surface area contributed by atoms with Crippen molar-refractivity contribution in [3.63, 3.8) is 0 Å². The number of aromatic nitrogens is 2. The average molecular weight is 276 g/mol. The van der Waals surface area contributed by atoms with E-state index in [1.807, 2.05) is 4.90 Å². The summed E-state index contributed by atoms with van der Waals surface area (Å²) >= 11 is 0. The van der Waals surface area contributed by atoms with E-state index < -0.39 is 5.60 Å². The summed E-state index contributed by atoms with van der Waals surface area (Å²) in [4.78, 5) is 24.9. The second-order valence-corrected chi connectivity index (χ2v) is 5.91. The van der Waals surface area contributed by atoms with Crippen LogP contribution in [0.15, 0.2) is 18.5 Å². The predicted molar refractivity (Wildman–Crippen MR) is 74.2 cm³/mol. The van der Waals surface area contributed by atoms with E-state index >= 15 is 0 Å². The Morgan fingerprint density at radius 1 is 1.40 bits per heavy atom. The van der Waals surface area contributed by atoms with Crippen molar-refractivity contribution in [3.05, 3.63) is 18.5 Å². The maximum atomic E-state index is 12.6. The van der Waals surface area contributed by atoms with E-state index in [-0.39, 0.29) is 11.9 Å². The quantitative estimate of drug-likeness (QED) is 0.848. The minimum absolute atomic E-state index is 0.0905. The van der Waals surface area contributed by atoms with Gasteiger partial charge >= 0.3 is 0 Å². The SMILES string of the molecule is CC1(O)CCN(C(=O)C2CCCN2c2ncccn2)C1. The lowest BCUT2D eigenvalue weighted by Crippen LogP contribution is -2.46. The number of nitrogens with zero attached hydrogens (tertiary/aromatic N) is 4. The fraction of sp³-hybridized carbons (Fsp3) is 0.643. The molecule has 1 aromatic heterocycles. The van der Waals surface area contributed by atoms with E-state index in [1.165, 1.54) is 0 Å². The van der Waals surface area contributed by atoms with E-state index in [0.717, 1.165) is 19.4 Å². The van der Waals surface area contributed by atoms with Gasteiger partial charge in [0.05, 0.1) is 5.60 Å². The van der Waals surface area contributed by atoms with E-state index in [2.05, 4.69) is 9.97 Å². The summed E-state index contributed by atoms with van der Waals surface area (Å²) in [6.45, 7) is 3.65. The molecule has 0 saturated carbocycles. The Morgan fingerprint density at radius 2 is 2.15 bits per heavy atom. The minimum Gasteiger partial charge on any atom is -0.388 e. The minimum atomic E-state index is -0.748. The third-order valence-corrected chi connectivity index (χ3v) is 4.11. The van der Waals surface area contributed by atoms with E-state index in [4.69, 9.17) is 0 Å². The molecule has 2 fully saturated rings. The third kappa shape index (κ3) is 2.47. The Labute approximate surface area is 118 Å². The first kappa shape index (κ1) is 13.3. The van der Waals surface area contributed by atoms with Crippen LogP contribution in [0.4, 0.5) is 5.95 Å². The van der Waals surface area contributed by atoms with Crippen molar-refractivity contribution in [2.75, 3.05) is 24.5 Å². The molecule has 0 aromatic carbocycles. The summed E-state index contributed by atoms with van der Waals surface area (Å²) in [5, 5.41) is 10.0. The van der Waals surface area contributed by atoms with Crippen LogP contribution in [-0.4, -0.2) is 57.2 Å². The van der Waals surface area contributed by atoms with Crippen molar-refractivity contribution >= 4 is 11.9 Å². The first-order chi connectivity index (χ1) is 9.57. The van der Waals surface area contributed by atoms with Crippen molar-refractivity contribution in [1.82, 2.24) is 14.9 Å². The third-order valence-electron chi connectivity index (χ3n) is 4.11. The highest BCUT2D eigenvalue weighted by Gasteiger charge is 2.40. The van der Waals surface area contributed by atoms with Crippen molar-refractivity contribution < 1.29 is 9.90 Å². The molecule has 6 nitrogen and oxygen atoms in total. The number of amides is 1. The number of rotatable bonds is 2. The topological polar surface area (TPSA) is 69.6 Å². The van der Waals surface area contributed by atoms with Gasteiger partial charge in [-0.05, 0) is 32.3 Å². The van der Waals surface area contributed by atoms with Gasteiger partial charge in [-0.1, -0.05) is 0 Å². The number of carbonyl (C=O) groups is 1. The lowest BCUT2D eigenvalue weighted by molar-refractivity contribution is -0.132. The zero-order valence-electron chi connectivity index (χ0n) is 11.7. The van der Waals surface area contributed by atoms with Gasteiger partial charge in [-0.25, -0.2) is 9.97 Å². The first-order valence-corrected chi connectivity index (χ1v) is 7.12. The number of hydrogen-bond donors (Lipinski definition) is 1. The maximum Gasteiger partial charge on any atom is 0.245 e. The van der Waals surface area contributed by atoms with Crippen LogP contribution in [0, 0.1) is 0 Å². The molecule has 1 N–H and O–H groups in total. The molecule has 2 unspecified atom stereocenters. The molecule has 0 bridgehead atoms. The van der Waals surface area contributed by atoms with Gasteiger partial charge in [0, 0.05) is 32.0 Å². The lowest BCUT2D eigenvalue weighted by Gasteiger charge is -2.28. The molecular formula is C14H20N4O2. The van der Waals surface area contributed by atoms with Gasteiger partial charge in [0.25, 0.3) is 0 Å². The van der Waals surface area contributed by atoms with E-state index in [9.17, 15) is 9.90 Å². The molecule has 3 rings (SSSR count). The molecule has 6 heteroatoms. The lowest BCUT2D eigenvalue weighted by atomic mass is 10.1. The number of likely N-dealkylation sites (tertiary alicyclic amines) is 1. The van der Waals surface area contributed by atoms with Crippen LogP contribution in [0.3, 0.4) is 0 Å². The van der Waals surface area contributed by atoms with Crippen LogP contribution in [0.1, 0.15) is 26.2 Å². The molecule has 3 heterocycles. The summed E-state index contributed by atoms with van der Waals surface area (Å²) in [7, 11) is 0. The summed E-state index contributed by atoms with van der Waals surface area (Å²) in [5.41, 5.74) is -0.748. The molecule has 0 aliphatic carbocycles. The fourth-order valence-corrected chi connectivity index (χ4v) is 3.05. The Bertz CT molecular complexity index is 491. The smallest absolute Gasteiger partial charge is 0.245 e. The second kappa shape index (κ2) is 5.01. The number of β-amino-alcohol motifs (C(OH)–C–C–N with tert-alkyl or cyclic N) is 1. The highest BCUT2D eigenvalue weighted by atomic mass is 16.3. The number of hydrogen-bond acceptors (Lipinski definition) is 5. The summed E-state index contributed by atoms with van der Waals surface area (Å²) < 4.78 is 0. The molecular weight excluding hydrogens is 256 g/mol. The predicted octanol–water partition coefficient (Wildman–Crippen LogP) is 0.429. The molecule has 2 atom stereocenters. The van der Waals surface area contributed by atoms with Crippen molar-refractivity contribution in [2.45, 2.75) is 37.8 Å². The van der Waals surface area contributed by atoms with E-state index in [0.29, 0.717) is 25.5 Å². The van der Waals surface area contributed by atoms with Crippen LogP contribution >= 0.6 is 0 Å². The van der Waals surface area contributed by atoms with Gasteiger partial charge in [-0.2, -0.15) is 0 Å². The molecule has 20 heavy (non-hydrogen) atoms. The van der Waals surface area contributed by atoms with Gasteiger partial charge in [0.15, 0.2) is 0 Å². The Hall–Kier alpha value is -1.69. The summed E-state index contributed by atoms with van der Waals surface area (Å²) in [6.07, 6.45) is 5.84. The Kier molecular flexibility index (Phi) is 3.33. The van der Waals surface area contributed by atoms with Gasteiger partial charge in [0.1, 0.15) is 6.04 Å². The second-order valence-electron chi connectivity index (χ2n) is 5.91. The van der Waals surface area contributed by atoms with Crippen LogP contribution in [-0.2, 0) is 4.79 Å². The highest BCUT2D eigenvalue weighted by molar-refractivity contribution is 5.85. The average Bonchev–Trinajstić information content (AvgIpc) is 3.05. The zero-order valence-corrected chi connectivity index (χ0v) is 11.7. The maximum absolute atomic E-state index is 12.6.